The van der Waals surface area contributed by atoms with E-state index in [2.05, 4.69) is 10.3 Å². The number of carbonyl (C=O) groups is 1. The molecule has 17 heavy (non-hydrogen) atoms. The highest BCUT2D eigenvalue weighted by Crippen LogP contribution is 2.29. The van der Waals surface area contributed by atoms with Crippen LogP contribution in [0.15, 0.2) is 18.3 Å². The van der Waals surface area contributed by atoms with E-state index < -0.39 is 11.7 Å². The van der Waals surface area contributed by atoms with E-state index in [4.69, 9.17) is 0 Å². The van der Waals surface area contributed by atoms with Crippen molar-refractivity contribution in [3.8, 4) is 0 Å². The lowest BCUT2D eigenvalue weighted by atomic mass is 10.2. The Morgan fingerprint density at radius 2 is 2.12 bits per heavy atom. The van der Waals surface area contributed by atoms with Gasteiger partial charge in [-0.25, -0.2) is 4.98 Å². The second-order valence-corrected chi connectivity index (χ2v) is 3.67. The molecule has 2 heterocycles. The molecule has 1 aromatic rings. The predicted octanol–water partition coefficient (Wildman–Crippen LogP) is 1.04. The molecule has 1 amide bonds. The van der Waals surface area contributed by atoms with Gasteiger partial charge in [0.05, 0.1) is 12.1 Å². The normalized spacial score (nSPS) is 16.9. The minimum absolute atomic E-state index is 0.123. The summed E-state index contributed by atoms with van der Waals surface area (Å²) >= 11 is 0. The molecule has 0 saturated carbocycles. The summed E-state index contributed by atoms with van der Waals surface area (Å²) in [5.41, 5.74) is -0.789. The van der Waals surface area contributed by atoms with E-state index in [1.165, 1.54) is 6.07 Å². The molecular weight excluding hydrogens is 235 g/mol. The van der Waals surface area contributed by atoms with Crippen molar-refractivity contribution in [3.05, 3.63) is 23.9 Å². The molecule has 1 saturated heterocycles. The largest absolute Gasteiger partial charge is 0.417 e. The Labute approximate surface area is 95.4 Å². The molecule has 2 rings (SSSR count). The summed E-state index contributed by atoms with van der Waals surface area (Å²) in [7, 11) is 0. The Balaban J connectivity index is 2.15. The van der Waals surface area contributed by atoms with Crippen molar-refractivity contribution in [2.75, 3.05) is 24.5 Å². The zero-order valence-corrected chi connectivity index (χ0v) is 8.79. The predicted molar refractivity (Wildman–Crippen MR) is 54.5 cm³/mol. The first-order chi connectivity index (χ1) is 7.97. The molecule has 1 fully saturated rings. The number of rotatable bonds is 1. The second-order valence-electron chi connectivity index (χ2n) is 3.67. The van der Waals surface area contributed by atoms with Crippen molar-refractivity contribution in [1.82, 2.24) is 10.3 Å². The summed E-state index contributed by atoms with van der Waals surface area (Å²) in [6.45, 7) is 1.14. The number of carbonyl (C=O) groups excluding carboxylic acids is 1. The maximum Gasteiger partial charge on any atom is 0.417 e. The molecule has 1 N–H and O–H groups in total. The fraction of sp³-hybridized carbons (Fsp3) is 0.400. The zero-order valence-electron chi connectivity index (χ0n) is 8.79. The molecule has 0 radical (unpaired) electrons. The van der Waals surface area contributed by atoms with Gasteiger partial charge in [0.2, 0.25) is 5.91 Å². The first-order valence-electron chi connectivity index (χ1n) is 5.02. The van der Waals surface area contributed by atoms with Crippen molar-refractivity contribution < 1.29 is 18.0 Å². The molecule has 0 aliphatic carbocycles. The van der Waals surface area contributed by atoms with Crippen molar-refractivity contribution in [2.24, 2.45) is 0 Å². The van der Waals surface area contributed by atoms with Crippen LogP contribution in [0.3, 0.4) is 0 Å². The number of halogens is 3. The fourth-order valence-corrected chi connectivity index (χ4v) is 1.57. The van der Waals surface area contributed by atoms with E-state index in [9.17, 15) is 18.0 Å². The molecular formula is C10H10F3N3O. The number of hydrogen-bond acceptors (Lipinski definition) is 3. The molecule has 1 aromatic heterocycles. The molecule has 7 heteroatoms. The van der Waals surface area contributed by atoms with E-state index in [0.29, 0.717) is 18.9 Å². The van der Waals surface area contributed by atoms with Gasteiger partial charge in [-0.2, -0.15) is 13.2 Å². The van der Waals surface area contributed by atoms with Gasteiger partial charge in [0, 0.05) is 19.3 Å². The van der Waals surface area contributed by atoms with Crippen LogP contribution in [0.1, 0.15) is 5.56 Å². The molecule has 4 nitrogen and oxygen atoms in total. The van der Waals surface area contributed by atoms with E-state index in [1.54, 1.807) is 4.90 Å². The number of alkyl halides is 3. The van der Waals surface area contributed by atoms with Crippen LogP contribution in [-0.4, -0.2) is 30.5 Å². The lowest BCUT2D eigenvalue weighted by Crippen LogP contribution is -2.48. The zero-order chi connectivity index (χ0) is 12.5. The lowest BCUT2D eigenvalue weighted by molar-refractivity contribution is -0.137. The van der Waals surface area contributed by atoms with E-state index in [-0.39, 0.29) is 12.5 Å². The fourth-order valence-electron chi connectivity index (χ4n) is 1.57. The van der Waals surface area contributed by atoms with E-state index >= 15 is 0 Å². The van der Waals surface area contributed by atoms with Crippen molar-refractivity contribution >= 4 is 11.7 Å². The Kier molecular flexibility index (Phi) is 2.91. The Morgan fingerprint density at radius 1 is 1.35 bits per heavy atom. The first kappa shape index (κ1) is 11.7. The lowest BCUT2D eigenvalue weighted by Gasteiger charge is -2.27. The summed E-state index contributed by atoms with van der Waals surface area (Å²) < 4.78 is 36.9. The summed E-state index contributed by atoms with van der Waals surface area (Å²) in [5, 5.41) is 2.63. The van der Waals surface area contributed by atoms with Crippen molar-refractivity contribution in [3.63, 3.8) is 0 Å². The van der Waals surface area contributed by atoms with Crippen LogP contribution < -0.4 is 10.2 Å². The number of piperazine rings is 1. The highest BCUT2D eigenvalue weighted by Gasteiger charge is 2.31. The molecule has 0 spiro atoms. The number of nitrogens with zero attached hydrogens (tertiary/aromatic N) is 2. The topological polar surface area (TPSA) is 45.2 Å². The molecule has 1 aliphatic heterocycles. The van der Waals surface area contributed by atoms with Crippen LogP contribution in [-0.2, 0) is 11.0 Å². The number of anilines is 1. The summed E-state index contributed by atoms with van der Waals surface area (Å²) in [6, 6.07) is 2.25. The number of aromatic nitrogens is 1. The Bertz CT molecular complexity index is 416. The van der Waals surface area contributed by atoms with Gasteiger partial charge in [-0.15, -0.1) is 0 Å². The molecule has 0 unspecified atom stereocenters. The van der Waals surface area contributed by atoms with Gasteiger partial charge in [0.25, 0.3) is 0 Å². The maximum absolute atomic E-state index is 12.3. The van der Waals surface area contributed by atoms with Gasteiger partial charge in [-0.1, -0.05) is 0 Å². The number of nitrogens with one attached hydrogen (secondary N) is 1. The standard InChI is InChI=1S/C10H10F3N3O/c11-10(12,13)7-1-2-8(15-5-7)16-4-3-14-9(17)6-16/h1-2,5H,3-4,6H2,(H,14,17). The van der Waals surface area contributed by atoms with Crippen LogP contribution >= 0.6 is 0 Å². The van der Waals surface area contributed by atoms with E-state index in [0.717, 1.165) is 12.3 Å². The minimum atomic E-state index is -4.38. The van der Waals surface area contributed by atoms with E-state index in [1.807, 2.05) is 0 Å². The molecule has 0 aromatic carbocycles. The van der Waals surface area contributed by atoms with Crippen LogP contribution in [0.5, 0.6) is 0 Å². The molecule has 0 atom stereocenters. The van der Waals surface area contributed by atoms with Gasteiger partial charge in [-0.05, 0) is 12.1 Å². The van der Waals surface area contributed by atoms with Crippen LogP contribution in [0.25, 0.3) is 0 Å². The third-order valence-electron chi connectivity index (χ3n) is 2.44. The second kappa shape index (κ2) is 4.23. The van der Waals surface area contributed by atoms with Gasteiger partial charge in [0.15, 0.2) is 0 Å². The van der Waals surface area contributed by atoms with Crippen LogP contribution in [0.2, 0.25) is 0 Å². The van der Waals surface area contributed by atoms with Crippen molar-refractivity contribution in [2.45, 2.75) is 6.18 Å². The number of pyridine rings is 1. The highest BCUT2D eigenvalue weighted by atomic mass is 19.4. The smallest absolute Gasteiger partial charge is 0.353 e. The minimum Gasteiger partial charge on any atom is -0.353 e. The summed E-state index contributed by atoms with van der Waals surface area (Å²) in [6.07, 6.45) is -3.60. The number of amides is 1. The van der Waals surface area contributed by atoms with Gasteiger partial charge >= 0.3 is 6.18 Å². The monoisotopic (exact) mass is 245 g/mol. The highest BCUT2D eigenvalue weighted by molar-refractivity contribution is 5.82. The molecule has 92 valence electrons. The Morgan fingerprint density at radius 3 is 2.65 bits per heavy atom. The van der Waals surface area contributed by atoms with Gasteiger partial charge in [0.1, 0.15) is 5.82 Å². The van der Waals surface area contributed by atoms with Crippen LogP contribution in [0, 0.1) is 0 Å². The average molecular weight is 245 g/mol. The van der Waals surface area contributed by atoms with Crippen molar-refractivity contribution in [1.29, 1.82) is 0 Å². The third kappa shape index (κ3) is 2.66. The van der Waals surface area contributed by atoms with Gasteiger partial charge in [-0.3, -0.25) is 4.79 Å². The first-order valence-corrected chi connectivity index (χ1v) is 5.02. The number of hydrogen-bond donors (Lipinski definition) is 1. The molecule has 0 bridgehead atoms. The SMILES string of the molecule is O=C1CN(c2ccc(C(F)(F)F)cn2)CCN1. The average Bonchev–Trinajstić information content (AvgIpc) is 2.28. The molecule has 1 aliphatic rings. The summed E-state index contributed by atoms with van der Waals surface area (Å²) in [5.74, 6) is 0.228. The third-order valence-corrected chi connectivity index (χ3v) is 2.44. The Hall–Kier alpha value is -1.79. The van der Waals surface area contributed by atoms with Crippen LogP contribution in [0.4, 0.5) is 19.0 Å². The van der Waals surface area contributed by atoms with Gasteiger partial charge < -0.3 is 10.2 Å². The summed E-state index contributed by atoms with van der Waals surface area (Å²) in [4.78, 5) is 16.5. The maximum atomic E-state index is 12.3. The quantitative estimate of drug-likeness (QED) is 0.804.